The number of halogens is 1. The zero-order valence-electron chi connectivity index (χ0n) is 15.9. The van der Waals surface area contributed by atoms with Crippen molar-refractivity contribution >= 4 is 22.0 Å². The highest BCUT2D eigenvalue weighted by molar-refractivity contribution is 9.10. The highest BCUT2D eigenvalue weighted by Gasteiger charge is 2.56. The molecule has 1 N–H and O–H groups in total. The molecule has 3 atom stereocenters. The van der Waals surface area contributed by atoms with Gasteiger partial charge in [0, 0.05) is 16.1 Å². The number of rotatable bonds is 1. The third-order valence-electron chi connectivity index (χ3n) is 5.79. The predicted octanol–water partition coefficient (Wildman–Crippen LogP) is 5.01. The third-order valence-corrected chi connectivity index (χ3v) is 6.28. The fourth-order valence-electron chi connectivity index (χ4n) is 4.53. The quantitative estimate of drug-likeness (QED) is 0.692. The number of hydrogen-bond donors (Lipinski definition) is 1. The first-order valence-corrected chi connectivity index (χ1v) is 10.5. The van der Waals surface area contributed by atoms with Crippen LogP contribution in [0.3, 0.4) is 0 Å². The molecular weight excluding hydrogens is 406 g/mol. The van der Waals surface area contributed by atoms with E-state index in [0.717, 1.165) is 47.4 Å². The number of imidazole rings is 1. The molecule has 5 nitrogen and oxygen atoms in total. The van der Waals surface area contributed by atoms with Gasteiger partial charge in [-0.25, -0.2) is 9.78 Å². The zero-order valence-corrected chi connectivity index (χ0v) is 17.5. The molecule has 5 rings (SSSR count). The van der Waals surface area contributed by atoms with E-state index in [1.807, 2.05) is 25.7 Å². The first-order valence-electron chi connectivity index (χ1n) is 9.69. The Kier molecular flexibility index (Phi) is 3.74. The second-order valence-electron chi connectivity index (χ2n) is 8.95. The molecule has 6 heteroatoms. The summed E-state index contributed by atoms with van der Waals surface area (Å²) in [5.74, 6) is 1.50. The molecule has 2 aliphatic carbocycles. The van der Waals surface area contributed by atoms with Crippen LogP contribution in [0, 0.1) is 5.92 Å². The predicted molar refractivity (Wildman–Crippen MR) is 106 cm³/mol. The van der Waals surface area contributed by atoms with E-state index in [1.165, 1.54) is 11.1 Å². The van der Waals surface area contributed by atoms with Crippen molar-refractivity contribution in [3.05, 3.63) is 39.8 Å². The fraction of sp³-hybridized carbons (Fsp3) is 0.524. The largest absolute Gasteiger partial charge is 0.444 e. The molecule has 0 radical (unpaired) electrons. The van der Waals surface area contributed by atoms with Gasteiger partial charge < -0.3 is 9.72 Å². The van der Waals surface area contributed by atoms with Crippen molar-refractivity contribution in [1.29, 1.82) is 0 Å². The summed E-state index contributed by atoms with van der Waals surface area (Å²) in [6.07, 6.45) is 3.78. The van der Waals surface area contributed by atoms with Gasteiger partial charge in [-0.05, 0) is 70.1 Å². The SMILES string of the molecule is CC(C)(C)OC(=O)N1C2CC2C[C@H]1c1nc2c([nH]1)-c1ccc(Br)cc1CC2. The molecule has 1 saturated carbocycles. The Morgan fingerprint density at radius 2 is 2.11 bits per heavy atom. The molecule has 2 unspecified atom stereocenters. The lowest BCUT2D eigenvalue weighted by atomic mass is 9.92. The van der Waals surface area contributed by atoms with Crippen molar-refractivity contribution < 1.29 is 9.53 Å². The molecule has 142 valence electrons. The van der Waals surface area contributed by atoms with Crippen LogP contribution in [0.2, 0.25) is 0 Å². The molecule has 3 aliphatic rings. The maximum atomic E-state index is 12.8. The molecule has 1 aliphatic heterocycles. The number of fused-ring (bicyclic) bond motifs is 4. The van der Waals surface area contributed by atoms with Crippen LogP contribution in [0.15, 0.2) is 22.7 Å². The second kappa shape index (κ2) is 5.84. The third kappa shape index (κ3) is 2.98. The Morgan fingerprint density at radius 1 is 1.30 bits per heavy atom. The van der Waals surface area contributed by atoms with Crippen LogP contribution in [0.4, 0.5) is 4.79 Å². The molecule has 1 aromatic heterocycles. The summed E-state index contributed by atoms with van der Waals surface area (Å²) in [5, 5.41) is 0. The number of hydrogen-bond acceptors (Lipinski definition) is 3. The van der Waals surface area contributed by atoms with Crippen LogP contribution in [0.25, 0.3) is 11.3 Å². The summed E-state index contributed by atoms with van der Waals surface area (Å²) in [7, 11) is 0. The van der Waals surface area contributed by atoms with E-state index >= 15 is 0 Å². The van der Waals surface area contributed by atoms with Crippen molar-refractivity contribution in [3.63, 3.8) is 0 Å². The first-order chi connectivity index (χ1) is 12.8. The topological polar surface area (TPSA) is 58.2 Å². The Bertz CT molecular complexity index is 930. The molecule has 2 fully saturated rings. The standard InChI is InChI=1S/C21H24BrN3O2/c1-21(2,3)27-20(26)25-16-9-12(16)10-17(25)19-23-15-7-4-11-8-13(22)5-6-14(11)18(15)24-19/h5-6,8,12,16-17H,4,7,9-10H2,1-3H3,(H,23,24)/t12?,16?,17-/m0/s1. The monoisotopic (exact) mass is 429 g/mol. The summed E-state index contributed by atoms with van der Waals surface area (Å²) in [5.41, 5.74) is 4.31. The number of carbonyl (C=O) groups is 1. The van der Waals surface area contributed by atoms with E-state index in [2.05, 4.69) is 39.1 Å². The van der Waals surface area contributed by atoms with Crippen LogP contribution in [0.5, 0.6) is 0 Å². The van der Waals surface area contributed by atoms with Gasteiger partial charge in [-0.1, -0.05) is 22.0 Å². The molecule has 2 heterocycles. The number of aromatic nitrogens is 2. The Morgan fingerprint density at radius 3 is 2.89 bits per heavy atom. The minimum absolute atomic E-state index is 0.00639. The lowest BCUT2D eigenvalue weighted by Crippen LogP contribution is -2.38. The smallest absolute Gasteiger partial charge is 0.411 e. The Hall–Kier alpha value is -1.82. The van der Waals surface area contributed by atoms with Gasteiger partial charge in [0.25, 0.3) is 0 Å². The van der Waals surface area contributed by atoms with Crippen LogP contribution >= 0.6 is 15.9 Å². The van der Waals surface area contributed by atoms with Crippen molar-refractivity contribution in [2.45, 2.75) is 64.1 Å². The normalized spacial score (nSPS) is 25.6. The molecule has 2 aromatic rings. The van der Waals surface area contributed by atoms with Crippen LogP contribution in [-0.2, 0) is 17.6 Å². The Balaban J connectivity index is 1.47. The number of H-pyrrole nitrogens is 1. The number of ether oxygens (including phenoxy) is 1. The lowest BCUT2D eigenvalue weighted by Gasteiger charge is -2.29. The van der Waals surface area contributed by atoms with Gasteiger partial charge in [-0.3, -0.25) is 4.90 Å². The number of aryl methyl sites for hydroxylation is 2. The van der Waals surface area contributed by atoms with E-state index < -0.39 is 5.60 Å². The van der Waals surface area contributed by atoms with E-state index in [4.69, 9.17) is 9.72 Å². The lowest BCUT2D eigenvalue weighted by molar-refractivity contribution is 0.0175. The number of nitrogens with zero attached hydrogens (tertiary/aromatic N) is 2. The van der Waals surface area contributed by atoms with Gasteiger partial charge in [0.1, 0.15) is 11.4 Å². The van der Waals surface area contributed by atoms with Crippen LogP contribution in [-0.4, -0.2) is 32.6 Å². The molecule has 27 heavy (non-hydrogen) atoms. The van der Waals surface area contributed by atoms with Crippen LogP contribution in [0.1, 0.15) is 56.7 Å². The highest BCUT2D eigenvalue weighted by atomic mass is 79.9. The number of likely N-dealkylation sites (tertiary alicyclic amines) is 1. The summed E-state index contributed by atoms with van der Waals surface area (Å²) in [6, 6.07) is 6.73. The summed E-state index contributed by atoms with van der Waals surface area (Å²) < 4.78 is 6.79. The number of benzene rings is 1. The fourth-order valence-corrected chi connectivity index (χ4v) is 4.94. The number of nitrogens with one attached hydrogen (secondary N) is 1. The van der Waals surface area contributed by atoms with Gasteiger partial charge in [-0.2, -0.15) is 0 Å². The molecule has 0 spiro atoms. The summed E-state index contributed by atoms with van der Waals surface area (Å²) in [6.45, 7) is 5.75. The van der Waals surface area contributed by atoms with Crippen molar-refractivity contribution in [3.8, 4) is 11.3 Å². The van der Waals surface area contributed by atoms with Gasteiger partial charge in [0.15, 0.2) is 0 Å². The van der Waals surface area contributed by atoms with Crippen molar-refractivity contribution in [1.82, 2.24) is 14.9 Å². The molecule has 1 saturated heterocycles. The summed E-state index contributed by atoms with van der Waals surface area (Å²) in [4.78, 5) is 23.2. The second-order valence-corrected chi connectivity index (χ2v) is 9.86. The van der Waals surface area contributed by atoms with E-state index in [-0.39, 0.29) is 12.1 Å². The number of piperidine rings is 1. The highest BCUT2D eigenvalue weighted by Crippen LogP contribution is 2.53. The average Bonchev–Trinajstić information content (AvgIpc) is 3.03. The number of carbonyl (C=O) groups excluding carboxylic acids is 1. The minimum atomic E-state index is -0.483. The molecule has 0 bridgehead atoms. The first kappa shape index (κ1) is 17.3. The van der Waals surface area contributed by atoms with E-state index in [1.54, 1.807) is 0 Å². The summed E-state index contributed by atoms with van der Waals surface area (Å²) >= 11 is 3.56. The van der Waals surface area contributed by atoms with Crippen LogP contribution < -0.4 is 0 Å². The Labute approximate surface area is 167 Å². The van der Waals surface area contributed by atoms with E-state index in [9.17, 15) is 4.79 Å². The van der Waals surface area contributed by atoms with Gasteiger partial charge >= 0.3 is 6.09 Å². The molecule has 1 amide bonds. The number of aromatic amines is 1. The van der Waals surface area contributed by atoms with Crippen molar-refractivity contribution in [2.24, 2.45) is 5.92 Å². The number of amides is 1. The molecular formula is C21H24BrN3O2. The van der Waals surface area contributed by atoms with Gasteiger partial charge in [0.2, 0.25) is 0 Å². The van der Waals surface area contributed by atoms with Crippen molar-refractivity contribution in [2.75, 3.05) is 0 Å². The zero-order chi connectivity index (χ0) is 18.9. The maximum Gasteiger partial charge on any atom is 0.411 e. The minimum Gasteiger partial charge on any atom is -0.444 e. The molecule has 1 aromatic carbocycles. The van der Waals surface area contributed by atoms with E-state index in [0.29, 0.717) is 12.0 Å². The average molecular weight is 430 g/mol. The van der Waals surface area contributed by atoms with Gasteiger partial charge in [0.05, 0.1) is 17.4 Å². The maximum absolute atomic E-state index is 12.8. The van der Waals surface area contributed by atoms with Gasteiger partial charge in [-0.15, -0.1) is 0 Å².